The van der Waals surface area contributed by atoms with Crippen molar-refractivity contribution in [1.82, 2.24) is 20.1 Å². The van der Waals surface area contributed by atoms with Gasteiger partial charge in [0, 0.05) is 37.8 Å². The summed E-state index contributed by atoms with van der Waals surface area (Å²) in [6.45, 7) is 6.97. The number of nitrogens with zero attached hydrogens (tertiary/aromatic N) is 3. The highest BCUT2D eigenvalue weighted by atomic mass is 32.1. The molecular weight excluding hydrogens is 348 g/mol. The third-order valence-electron chi connectivity index (χ3n) is 4.21. The molecule has 138 valence electrons. The second-order valence-electron chi connectivity index (χ2n) is 6.69. The topological polar surface area (TPSA) is 65.5 Å². The molecule has 0 saturated carbocycles. The molecule has 6 nitrogen and oxygen atoms in total. The maximum absolute atomic E-state index is 12.7. The number of carbonyl (C=O) groups is 2. The van der Waals surface area contributed by atoms with Gasteiger partial charge in [0.2, 0.25) is 5.91 Å². The molecule has 0 aliphatic carbocycles. The molecule has 3 rings (SSSR count). The van der Waals surface area contributed by atoms with Crippen LogP contribution in [0.5, 0.6) is 0 Å². The smallest absolute Gasteiger partial charge is 0.265 e. The zero-order valence-corrected chi connectivity index (χ0v) is 16.0. The van der Waals surface area contributed by atoms with Gasteiger partial charge in [0.15, 0.2) is 0 Å². The normalized spacial score (nSPS) is 15.3. The monoisotopic (exact) mass is 372 g/mol. The van der Waals surface area contributed by atoms with Crippen LogP contribution in [0, 0.1) is 0 Å². The number of nitrogens with one attached hydrogen (secondary N) is 1. The molecule has 0 unspecified atom stereocenters. The van der Waals surface area contributed by atoms with Crippen LogP contribution in [0.2, 0.25) is 0 Å². The Morgan fingerprint density at radius 1 is 1.15 bits per heavy atom. The summed E-state index contributed by atoms with van der Waals surface area (Å²) in [5, 5.41) is 3.76. The molecule has 0 spiro atoms. The van der Waals surface area contributed by atoms with Crippen molar-refractivity contribution in [1.29, 1.82) is 0 Å². The fourth-order valence-corrected chi connectivity index (χ4v) is 3.81. The van der Waals surface area contributed by atoms with Gasteiger partial charge in [0.1, 0.15) is 9.88 Å². The van der Waals surface area contributed by atoms with E-state index in [1.165, 1.54) is 11.3 Å². The number of aromatic nitrogens is 1. The van der Waals surface area contributed by atoms with Gasteiger partial charge >= 0.3 is 0 Å². The van der Waals surface area contributed by atoms with Crippen molar-refractivity contribution in [3.63, 3.8) is 0 Å². The van der Waals surface area contributed by atoms with Crippen LogP contribution in [0.4, 0.5) is 0 Å². The van der Waals surface area contributed by atoms with E-state index in [4.69, 9.17) is 0 Å². The Morgan fingerprint density at radius 2 is 1.85 bits per heavy atom. The zero-order chi connectivity index (χ0) is 18.5. The van der Waals surface area contributed by atoms with E-state index in [2.05, 4.69) is 15.2 Å². The van der Waals surface area contributed by atoms with Gasteiger partial charge < -0.3 is 10.2 Å². The molecule has 0 atom stereocenters. The Hall–Kier alpha value is -2.25. The van der Waals surface area contributed by atoms with Gasteiger partial charge in [-0.2, -0.15) is 0 Å². The Bertz CT molecular complexity index is 752. The summed E-state index contributed by atoms with van der Waals surface area (Å²) in [6, 6.07) is 10.0. The Balaban J connectivity index is 1.54. The van der Waals surface area contributed by atoms with Crippen molar-refractivity contribution >= 4 is 23.2 Å². The van der Waals surface area contributed by atoms with Crippen LogP contribution < -0.4 is 5.32 Å². The highest BCUT2D eigenvalue weighted by molar-refractivity contribution is 7.16. The highest BCUT2D eigenvalue weighted by Crippen LogP contribution is 2.25. The van der Waals surface area contributed by atoms with E-state index in [1.807, 2.05) is 49.1 Å². The van der Waals surface area contributed by atoms with Gasteiger partial charge in [0.05, 0.1) is 12.7 Å². The lowest BCUT2D eigenvalue weighted by Crippen LogP contribution is -2.51. The van der Waals surface area contributed by atoms with Crippen molar-refractivity contribution in [2.75, 3.05) is 32.7 Å². The molecule has 2 heterocycles. The molecule has 7 heteroatoms. The fraction of sp³-hybridized carbons (Fsp3) is 0.421. The van der Waals surface area contributed by atoms with Gasteiger partial charge in [0.25, 0.3) is 5.91 Å². The Labute approximate surface area is 157 Å². The molecule has 1 N–H and O–H groups in total. The maximum Gasteiger partial charge on any atom is 0.265 e. The summed E-state index contributed by atoms with van der Waals surface area (Å²) < 4.78 is 0. The summed E-state index contributed by atoms with van der Waals surface area (Å²) >= 11 is 1.43. The molecule has 0 radical (unpaired) electrons. The molecule has 1 aliphatic heterocycles. The molecule has 1 aliphatic rings. The van der Waals surface area contributed by atoms with E-state index >= 15 is 0 Å². The second kappa shape index (κ2) is 8.42. The summed E-state index contributed by atoms with van der Waals surface area (Å²) in [5.41, 5.74) is 1.03. The highest BCUT2D eigenvalue weighted by Gasteiger charge is 2.24. The van der Waals surface area contributed by atoms with E-state index in [-0.39, 0.29) is 17.9 Å². The molecule has 1 aromatic heterocycles. The molecule has 2 amide bonds. The van der Waals surface area contributed by atoms with Crippen molar-refractivity contribution in [3.8, 4) is 10.6 Å². The van der Waals surface area contributed by atoms with Gasteiger partial charge in [-0.05, 0) is 13.8 Å². The number of benzene rings is 1. The minimum Gasteiger partial charge on any atom is -0.353 e. The van der Waals surface area contributed by atoms with Crippen LogP contribution in [0.25, 0.3) is 10.6 Å². The number of rotatable bonds is 5. The van der Waals surface area contributed by atoms with Crippen LogP contribution in [0.15, 0.2) is 36.5 Å². The predicted molar refractivity (Wildman–Crippen MR) is 103 cm³/mol. The summed E-state index contributed by atoms with van der Waals surface area (Å²) in [7, 11) is 0. The summed E-state index contributed by atoms with van der Waals surface area (Å²) in [5.74, 6) is 0.0608. The van der Waals surface area contributed by atoms with Crippen LogP contribution in [0.1, 0.15) is 23.5 Å². The lowest BCUT2D eigenvalue weighted by atomic mass is 10.2. The average Bonchev–Trinajstić information content (AvgIpc) is 3.12. The number of hydrogen-bond donors (Lipinski definition) is 1. The average molecular weight is 372 g/mol. The molecule has 2 aromatic rings. The first-order chi connectivity index (χ1) is 12.5. The predicted octanol–water partition coefficient (Wildman–Crippen LogP) is 2.09. The van der Waals surface area contributed by atoms with E-state index in [0.717, 1.165) is 10.6 Å². The van der Waals surface area contributed by atoms with E-state index in [9.17, 15) is 9.59 Å². The Kier molecular flexibility index (Phi) is 6.00. The van der Waals surface area contributed by atoms with Gasteiger partial charge in [-0.15, -0.1) is 11.3 Å². The summed E-state index contributed by atoms with van der Waals surface area (Å²) in [4.78, 5) is 33.6. The largest absolute Gasteiger partial charge is 0.353 e. The Morgan fingerprint density at radius 3 is 2.50 bits per heavy atom. The van der Waals surface area contributed by atoms with E-state index in [0.29, 0.717) is 37.6 Å². The first-order valence-electron chi connectivity index (χ1n) is 8.85. The maximum atomic E-state index is 12.7. The third kappa shape index (κ3) is 4.68. The number of thiazole rings is 1. The lowest BCUT2D eigenvalue weighted by molar-refractivity contribution is -0.123. The standard InChI is InChI=1S/C19H24N4O2S/c1-14(2)21-17(24)13-22-8-10-23(11-9-22)19(25)16-12-20-18(26-16)15-6-4-3-5-7-15/h3-7,12,14H,8-11,13H2,1-2H3,(H,21,24). The molecule has 0 bridgehead atoms. The van der Waals surface area contributed by atoms with Gasteiger partial charge in [-0.25, -0.2) is 4.98 Å². The van der Waals surface area contributed by atoms with Crippen LogP contribution in [-0.4, -0.2) is 65.4 Å². The first-order valence-corrected chi connectivity index (χ1v) is 9.67. The molecule has 1 saturated heterocycles. The third-order valence-corrected chi connectivity index (χ3v) is 5.25. The van der Waals surface area contributed by atoms with Crippen LogP contribution in [0.3, 0.4) is 0 Å². The second-order valence-corrected chi connectivity index (χ2v) is 7.72. The first kappa shape index (κ1) is 18.5. The molecule has 1 aromatic carbocycles. The van der Waals surface area contributed by atoms with Crippen molar-refractivity contribution < 1.29 is 9.59 Å². The number of piperazine rings is 1. The van der Waals surface area contributed by atoms with Gasteiger partial charge in [-0.3, -0.25) is 14.5 Å². The quantitative estimate of drug-likeness (QED) is 0.873. The van der Waals surface area contributed by atoms with Crippen molar-refractivity contribution in [3.05, 3.63) is 41.4 Å². The SMILES string of the molecule is CC(C)NC(=O)CN1CCN(C(=O)c2cnc(-c3ccccc3)s2)CC1. The van der Waals surface area contributed by atoms with E-state index < -0.39 is 0 Å². The summed E-state index contributed by atoms with van der Waals surface area (Å²) in [6.07, 6.45) is 1.66. The van der Waals surface area contributed by atoms with Crippen LogP contribution in [-0.2, 0) is 4.79 Å². The van der Waals surface area contributed by atoms with Crippen molar-refractivity contribution in [2.24, 2.45) is 0 Å². The molecule has 26 heavy (non-hydrogen) atoms. The number of hydrogen-bond acceptors (Lipinski definition) is 5. The van der Waals surface area contributed by atoms with Crippen molar-refractivity contribution in [2.45, 2.75) is 19.9 Å². The van der Waals surface area contributed by atoms with Crippen LogP contribution >= 0.6 is 11.3 Å². The molecular formula is C19H24N4O2S. The minimum absolute atomic E-state index is 0.0240. The fourth-order valence-electron chi connectivity index (χ4n) is 2.92. The zero-order valence-electron chi connectivity index (χ0n) is 15.1. The van der Waals surface area contributed by atoms with E-state index in [1.54, 1.807) is 6.20 Å². The number of carbonyl (C=O) groups excluding carboxylic acids is 2. The lowest BCUT2D eigenvalue weighted by Gasteiger charge is -2.34. The molecule has 1 fully saturated rings. The van der Waals surface area contributed by atoms with Gasteiger partial charge in [-0.1, -0.05) is 30.3 Å². The minimum atomic E-state index is 0.0240. The number of amides is 2.